The lowest BCUT2D eigenvalue weighted by Gasteiger charge is -2.23. The van der Waals surface area contributed by atoms with Gasteiger partial charge in [-0.25, -0.2) is 9.78 Å². The van der Waals surface area contributed by atoms with Gasteiger partial charge in [0.05, 0.1) is 22.2 Å². The van der Waals surface area contributed by atoms with Gasteiger partial charge in [-0.05, 0) is 30.9 Å². The maximum Gasteiger partial charge on any atom is 0.317 e. The highest BCUT2D eigenvalue weighted by atomic mass is 32.1. The number of hydrogen-bond donors (Lipinski definition) is 2. The topological polar surface area (TPSA) is 82.5 Å². The molecular formula is C17H19N3O3S. The minimum atomic E-state index is -0.758. The van der Waals surface area contributed by atoms with Crippen LogP contribution in [0.15, 0.2) is 24.3 Å². The molecular weight excluding hydrogens is 326 g/mol. The minimum Gasteiger partial charge on any atom is -0.481 e. The number of aromatic nitrogens is 1. The van der Waals surface area contributed by atoms with Crippen LogP contribution in [0.4, 0.5) is 4.79 Å². The number of benzene rings is 1. The van der Waals surface area contributed by atoms with Crippen LogP contribution in [0.2, 0.25) is 0 Å². The molecule has 0 unspecified atom stereocenters. The lowest BCUT2D eigenvalue weighted by Crippen LogP contribution is -2.41. The third-order valence-electron chi connectivity index (χ3n) is 5.31. The summed E-state index contributed by atoms with van der Waals surface area (Å²) >= 11 is 1.56. The van der Waals surface area contributed by atoms with Crippen molar-refractivity contribution in [2.45, 2.75) is 25.8 Å². The Balaban J connectivity index is 1.41. The van der Waals surface area contributed by atoms with Crippen LogP contribution in [-0.2, 0) is 11.3 Å². The third-order valence-corrected chi connectivity index (χ3v) is 6.35. The number of nitrogens with one attached hydrogen (secondary N) is 1. The summed E-state index contributed by atoms with van der Waals surface area (Å²) in [6, 6.07) is 7.69. The Morgan fingerprint density at radius 2 is 2.25 bits per heavy atom. The van der Waals surface area contributed by atoms with E-state index in [4.69, 9.17) is 0 Å². The second kappa shape index (κ2) is 5.73. The molecule has 2 aromatic rings. The molecule has 0 spiro atoms. The van der Waals surface area contributed by atoms with Crippen molar-refractivity contribution in [3.63, 3.8) is 0 Å². The highest BCUT2D eigenvalue weighted by Crippen LogP contribution is 2.48. The molecule has 1 aromatic heterocycles. The van der Waals surface area contributed by atoms with Crippen molar-refractivity contribution < 1.29 is 14.7 Å². The predicted octanol–water partition coefficient (Wildman–Crippen LogP) is 2.69. The molecule has 1 aliphatic carbocycles. The zero-order valence-corrected chi connectivity index (χ0v) is 14.0. The van der Waals surface area contributed by atoms with Gasteiger partial charge in [-0.1, -0.05) is 18.6 Å². The van der Waals surface area contributed by atoms with E-state index in [-0.39, 0.29) is 11.9 Å². The zero-order chi connectivity index (χ0) is 16.7. The van der Waals surface area contributed by atoms with Crippen molar-refractivity contribution in [1.82, 2.24) is 15.2 Å². The fourth-order valence-corrected chi connectivity index (χ4v) is 4.96. The van der Waals surface area contributed by atoms with Crippen LogP contribution in [0.1, 0.15) is 24.3 Å². The molecule has 2 aliphatic rings. The molecule has 2 N–H and O–H groups in total. The average molecular weight is 345 g/mol. The van der Waals surface area contributed by atoms with Crippen molar-refractivity contribution >= 4 is 33.6 Å². The van der Waals surface area contributed by atoms with Gasteiger partial charge in [-0.15, -0.1) is 11.3 Å². The Kier molecular flexibility index (Phi) is 3.68. The Hall–Kier alpha value is -2.15. The number of carbonyl (C=O) groups excluding carboxylic acids is 1. The van der Waals surface area contributed by atoms with E-state index in [1.807, 2.05) is 24.3 Å². The van der Waals surface area contributed by atoms with Gasteiger partial charge < -0.3 is 15.3 Å². The molecule has 0 bridgehead atoms. The Bertz CT molecular complexity index is 772. The fraction of sp³-hybridized carbons (Fsp3) is 0.471. The van der Waals surface area contributed by atoms with E-state index in [1.165, 1.54) is 0 Å². The summed E-state index contributed by atoms with van der Waals surface area (Å²) in [5.41, 5.74) is 0.208. The molecule has 6 nitrogen and oxygen atoms in total. The first-order chi connectivity index (χ1) is 11.6. The quantitative estimate of drug-likeness (QED) is 0.896. The molecule has 1 aromatic carbocycles. The van der Waals surface area contributed by atoms with E-state index in [1.54, 1.807) is 16.2 Å². The van der Waals surface area contributed by atoms with Crippen molar-refractivity contribution in [1.29, 1.82) is 0 Å². The first-order valence-electron chi connectivity index (χ1n) is 8.19. The Morgan fingerprint density at radius 3 is 3.00 bits per heavy atom. The first-order valence-corrected chi connectivity index (χ1v) is 9.01. The van der Waals surface area contributed by atoms with Crippen LogP contribution < -0.4 is 5.32 Å². The Labute approximate surface area is 143 Å². The summed E-state index contributed by atoms with van der Waals surface area (Å²) < 4.78 is 1.10. The fourth-order valence-electron chi connectivity index (χ4n) is 4.05. The summed E-state index contributed by atoms with van der Waals surface area (Å²) in [4.78, 5) is 30.3. The lowest BCUT2D eigenvalue weighted by atomic mass is 9.81. The van der Waals surface area contributed by atoms with Crippen LogP contribution >= 0.6 is 11.3 Å². The number of carbonyl (C=O) groups is 2. The number of fused-ring (bicyclic) bond motifs is 2. The van der Waals surface area contributed by atoms with Gasteiger partial charge in [0, 0.05) is 13.1 Å². The van der Waals surface area contributed by atoms with E-state index < -0.39 is 11.4 Å². The zero-order valence-electron chi connectivity index (χ0n) is 13.2. The number of urea groups is 1. The number of carboxylic acid groups (broad SMARTS) is 1. The summed E-state index contributed by atoms with van der Waals surface area (Å²) in [5.74, 6) is -0.672. The van der Waals surface area contributed by atoms with E-state index in [0.717, 1.165) is 28.1 Å². The first kappa shape index (κ1) is 15.4. The van der Waals surface area contributed by atoms with E-state index >= 15 is 0 Å². The summed E-state index contributed by atoms with van der Waals surface area (Å²) in [6.07, 6.45) is 2.51. The van der Waals surface area contributed by atoms with Crippen LogP contribution in [-0.4, -0.2) is 40.1 Å². The highest BCUT2D eigenvalue weighted by Gasteiger charge is 2.55. The number of carboxylic acids is 1. The second-order valence-electron chi connectivity index (χ2n) is 6.67. The molecule has 2 fully saturated rings. The average Bonchev–Trinajstić information content (AvgIpc) is 3.23. The van der Waals surface area contributed by atoms with Crippen molar-refractivity contribution in [3.8, 4) is 0 Å². The number of thiazole rings is 1. The Morgan fingerprint density at radius 1 is 1.42 bits per heavy atom. The van der Waals surface area contributed by atoms with Crippen LogP contribution in [0, 0.1) is 11.3 Å². The SMILES string of the molecule is O=C(NCc1nc2ccccc2s1)N1C[C@@H]2CCC[C@@]2(C(=O)O)C1. The lowest BCUT2D eigenvalue weighted by molar-refractivity contribution is -0.149. The highest BCUT2D eigenvalue weighted by molar-refractivity contribution is 7.18. The van der Waals surface area contributed by atoms with Crippen molar-refractivity contribution in [3.05, 3.63) is 29.3 Å². The number of likely N-dealkylation sites (tertiary alicyclic amines) is 1. The molecule has 1 saturated heterocycles. The molecule has 1 saturated carbocycles. The molecule has 7 heteroatoms. The van der Waals surface area contributed by atoms with Gasteiger partial charge >= 0.3 is 12.0 Å². The smallest absolute Gasteiger partial charge is 0.317 e. The number of nitrogens with zero attached hydrogens (tertiary/aromatic N) is 2. The number of rotatable bonds is 3. The molecule has 0 radical (unpaired) electrons. The van der Waals surface area contributed by atoms with Gasteiger partial charge in [0.1, 0.15) is 5.01 Å². The van der Waals surface area contributed by atoms with Crippen LogP contribution in [0.3, 0.4) is 0 Å². The van der Waals surface area contributed by atoms with Crippen molar-refractivity contribution in [2.75, 3.05) is 13.1 Å². The molecule has 24 heavy (non-hydrogen) atoms. The maximum atomic E-state index is 12.4. The molecule has 126 valence electrons. The molecule has 2 heterocycles. The molecule has 4 rings (SSSR count). The predicted molar refractivity (Wildman–Crippen MR) is 90.8 cm³/mol. The van der Waals surface area contributed by atoms with E-state index in [0.29, 0.717) is 26.1 Å². The second-order valence-corrected chi connectivity index (χ2v) is 7.78. The number of hydrogen-bond acceptors (Lipinski definition) is 4. The van der Waals surface area contributed by atoms with Crippen molar-refractivity contribution in [2.24, 2.45) is 11.3 Å². The molecule has 2 amide bonds. The number of amides is 2. The van der Waals surface area contributed by atoms with Gasteiger partial charge in [0.2, 0.25) is 0 Å². The van der Waals surface area contributed by atoms with Gasteiger partial charge in [0.25, 0.3) is 0 Å². The third kappa shape index (κ3) is 2.43. The van der Waals surface area contributed by atoms with E-state index in [2.05, 4.69) is 10.3 Å². The molecule has 1 aliphatic heterocycles. The summed E-state index contributed by atoms with van der Waals surface area (Å²) in [6.45, 7) is 1.23. The maximum absolute atomic E-state index is 12.4. The van der Waals surface area contributed by atoms with E-state index in [9.17, 15) is 14.7 Å². The molecule has 2 atom stereocenters. The van der Waals surface area contributed by atoms with Gasteiger partial charge in [-0.3, -0.25) is 4.79 Å². The van der Waals surface area contributed by atoms with Crippen LogP contribution in [0.5, 0.6) is 0 Å². The monoisotopic (exact) mass is 345 g/mol. The van der Waals surface area contributed by atoms with Gasteiger partial charge in [0.15, 0.2) is 0 Å². The van der Waals surface area contributed by atoms with Gasteiger partial charge in [-0.2, -0.15) is 0 Å². The standard InChI is InChI=1S/C17H19N3O3S/c21-15(22)17-7-3-4-11(17)9-20(10-17)16(23)18-8-14-19-12-5-1-2-6-13(12)24-14/h1-2,5-6,11H,3-4,7-10H2,(H,18,23)(H,21,22)/t11-,17+/m0/s1. The summed E-state index contributed by atoms with van der Waals surface area (Å²) in [7, 11) is 0. The number of para-hydroxylation sites is 1. The number of aliphatic carboxylic acids is 1. The normalized spacial score (nSPS) is 25.8. The largest absolute Gasteiger partial charge is 0.481 e. The minimum absolute atomic E-state index is 0.0863. The van der Waals surface area contributed by atoms with Crippen LogP contribution in [0.25, 0.3) is 10.2 Å². The summed E-state index contributed by atoms with van der Waals surface area (Å²) in [5, 5.41) is 13.3.